The van der Waals surface area contributed by atoms with E-state index in [-0.39, 0.29) is 23.4 Å². The molecule has 4 rings (SSSR count). The summed E-state index contributed by atoms with van der Waals surface area (Å²) in [6, 6.07) is 7.81. The molecule has 2 aromatic heterocycles. The Hall–Kier alpha value is -3.21. The van der Waals surface area contributed by atoms with Crippen LogP contribution in [-0.4, -0.2) is 75.0 Å². The summed E-state index contributed by atoms with van der Waals surface area (Å²) in [5, 5.41) is 20.8. The van der Waals surface area contributed by atoms with Gasteiger partial charge in [0.05, 0.1) is 12.4 Å². The Balaban J connectivity index is 1.37. The first-order valence-corrected chi connectivity index (χ1v) is 11.7. The zero-order valence-electron chi connectivity index (χ0n) is 17.7. The number of hydrogen-bond acceptors (Lipinski definition) is 11. The first kappa shape index (κ1) is 23.9. The zero-order valence-corrected chi connectivity index (χ0v) is 18.5. The van der Waals surface area contributed by atoms with Crippen LogP contribution in [-0.2, 0) is 26.2 Å². The van der Waals surface area contributed by atoms with Gasteiger partial charge in [0.1, 0.15) is 30.2 Å². The summed E-state index contributed by atoms with van der Waals surface area (Å²) in [6.07, 6.45) is -2.44. The summed E-state index contributed by atoms with van der Waals surface area (Å²) in [5.41, 5.74) is 12.9. The standard InChI is InChI=1S/C19H24N8O6S/c20-11(6-10-4-2-1-3-5-10)18(30)26-34(31,32)25-7-12-14(28)15(29)19(33-12)27-9-24-13-16(21)22-8-23-17(13)27/h1-5,8-9,11-12,14-15,19,25,28-29H,6-7,20H2,(H,26,30)(H2,21,22,23)/t11-,12+,14+,15+,19+/m0/s1. The highest BCUT2D eigenvalue weighted by Gasteiger charge is 2.44. The minimum absolute atomic E-state index is 0.127. The van der Waals surface area contributed by atoms with E-state index in [9.17, 15) is 23.4 Å². The van der Waals surface area contributed by atoms with E-state index in [1.165, 1.54) is 17.2 Å². The summed E-state index contributed by atoms with van der Waals surface area (Å²) in [7, 11) is -4.32. The lowest BCUT2D eigenvalue weighted by atomic mass is 10.1. The minimum atomic E-state index is -4.32. The maximum absolute atomic E-state index is 12.3. The number of nitrogens with one attached hydrogen (secondary N) is 2. The molecule has 0 spiro atoms. The van der Waals surface area contributed by atoms with E-state index >= 15 is 0 Å². The van der Waals surface area contributed by atoms with Crippen molar-refractivity contribution in [2.24, 2.45) is 5.73 Å². The number of anilines is 1. The van der Waals surface area contributed by atoms with E-state index in [0.717, 1.165) is 5.56 Å². The molecule has 0 unspecified atom stereocenters. The molecule has 1 aliphatic rings. The second-order valence-electron chi connectivity index (χ2n) is 7.74. The van der Waals surface area contributed by atoms with Gasteiger partial charge in [0.25, 0.3) is 5.91 Å². The molecule has 1 aromatic carbocycles. The molecule has 34 heavy (non-hydrogen) atoms. The summed E-state index contributed by atoms with van der Waals surface area (Å²) < 4.78 is 35.6. The molecule has 5 atom stereocenters. The van der Waals surface area contributed by atoms with Crippen LogP contribution in [0.2, 0.25) is 0 Å². The van der Waals surface area contributed by atoms with Crippen LogP contribution in [0.3, 0.4) is 0 Å². The molecule has 15 heteroatoms. The van der Waals surface area contributed by atoms with Crippen molar-refractivity contribution in [3.63, 3.8) is 0 Å². The third-order valence-electron chi connectivity index (χ3n) is 5.34. The second kappa shape index (κ2) is 9.57. The maximum Gasteiger partial charge on any atom is 0.301 e. The average Bonchev–Trinajstić information content (AvgIpc) is 3.35. The first-order valence-electron chi connectivity index (χ1n) is 10.2. The Labute approximate surface area is 194 Å². The fraction of sp³-hybridized carbons (Fsp3) is 0.368. The number of ether oxygens (including phenoxy) is 1. The van der Waals surface area contributed by atoms with Crippen molar-refractivity contribution < 1.29 is 28.2 Å². The molecule has 1 fully saturated rings. The molecule has 0 aliphatic carbocycles. The number of carbonyl (C=O) groups is 1. The van der Waals surface area contributed by atoms with E-state index in [2.05, 4.69) is 19.7 Å². The lowest BCUT2D eigenvalue weighted by Crippen LogP contribution is -2.50. The highest BCUT2D eigenvalue weighted by Crippen LogP contribution is 2.31. The Morgan fingerprint density at radius 2 is 1.91 bits per heavy atom. The van der Waals surface area contributed by atoms with Crippen LogP contribution < -0.4 is 20.9 Å². The normalized spacial score (nSPS) is 23.7. The molecule has 14 nitrogen and oxygen atoms in total. The van der Waals surface area contributed by atoms with Crippen LogP contribution in [0.4, 0.5) is 5.82 Å². The monoisotopic (exact) mass is 492 g/mol. The number of amides is 1. The van der Waals surface area contributed by atoms with Crippen LogP contribution in [0.25, 0.3) is 11.2 Å². The van der Waals surface area contributed by atoms with Gasteiger partial charge in [-0.1, -0.05) is 30.3 Å². The third kappa shape index (κ3) is 4.98. The number of carbonyl (C=O) groups excluding carboxylic acids is 1. The van der Waals surface area contributed by atoms with E-state index in [1.807, 2.05) is 10.8 Å². The Bertz CT molecular complexity index is 1270. The number of nitrogen functional groups attached to an aromatic ring is 1. The molecule has 1 amide bonds. The molecule has 0 radical (unpaired) electrons. The quantitative estimate of drug-likeness (QED) is 0.194. The van der Waals surface area contributed by atoms with Crippen LogP contribution >= 0.6 is 0 Å². The average molecular weight is 493 g/mol. The van der Waals surface area contributed by atoms with E-state index < -0.39 is 53.2 Å². The lowest BCUT2D eigenvalue weighted by Gasteiger charge is -2.17. The molecule has 1 saturated heterocycles. The number of aromatic nitrogens is 4. The van der Waals surface area contributed by atoms with Crippen molar-refractivity contribution in [3.05, 3.63) is 48.5 Å². The second-order valence-corrected chi connectivity index (χ2v) is 9.24. The van der Waals surface area contributed by atoms with Gasteiger partial charge in [-0.2, -0.15) is 13.1 Å². The van der Waals surface area contributed by atoms with Gasteiger partial charge in [0.15, 0.2) is 17.7 Å². The number of fused-ring (bicyclic) bond motifs is 1. The number of hydrogen-bond donors (Lipinski definition) is 6. The Morgan fingerprint density at radius 1 is 1.18 bits per heavy atom. The highest BCUT2D eigenvalue weighted by atomic mass is 32.2. The van der Waals surface area contributed by atoms with Gasteiger partial charge < -0.3 is 26.4 Å². The van der Waals surface area contributed by atoms with Crippen molar-refractivity contribution in [2.45, 2.75) is 37.0 Å². The van der Waals surface area contributed by atoms with Crippen molar-refractivity contribution >= 4 is 33.1 Å². The van der Waals surface area contributed by atoms with E-state index in [1.54, 1.807) is 24.3 Å². The van der Waals surface area contributed by atoms with Crippen molar-refractivity contribution in [1.82, 2.24) is 29.0 Å². The van der Waals surface area contributed by atoms with Gasteiger partial charge in [0.2, 0.25) is 0 Å². The molecule has 8 N–H and O–H groups in total. The SMILES string of the molecule is Nc1ncnc2c1ncn2[C@@H]1O[C@H](CNS(=O)(=O)NC(=O)[C@@H](N)Cc2ccccc2)[C@@H](O)[C@H]1O. The molecule has 0 saturated carbocycles. The number of nitrogens with two attached hydrogens (primary N) is 2. The molecule has 1 aliphatic heterocycles. The number of benzene rings is 1. The number of nitrogens with zero attached hydrogens (tertiary/aromatic N) is 4. The molecular weight excluding hydrogens is 468 g/mol. The van der Waals surface area contributed by atoms with E-state index in [0.29, 0.717) is 0 Å². The van der Waals surface area contributed by atoms with Crippen molar-refractivity contribution in [3.8, 4) is 0 Å². The van der Waals surface area contributed by atoms with Gasteiger partial charge >= 0.3 is 10.2 Å². The van der Waals surface area contributed by atoms with Gasteiger partial charge in [-0.15, -0.1) is 0 Å². The van der Waals surface area contributed by atoms with Gasteiger partial charge in [-0.3, -0.25) is 9.36 Å². The fourth-order valence-corrected chi connectivity index (χ4v) is 4.45. The maximum atomic E-state index is 12.3. The summed E-state index contributed by atoms with van der Waals surface area (Å²) in [4.78, 5) is 24.2. The fourth-order valence-electron chi connectivity index (χ4n) is 3.58. The third-order valence-corrected chi connectivity index (χ3v) is 6.36. The van der Waals surface area contributed by atoms with Gasteiger partial charge in [0, 0.05) is 6.54 Å². The summed E-state index contributed by atoms with van der Waals surface area (Å²) in [6.45, 7) is -0.435. The first-order chi connectivity index (χ1) is 16.2. The van der Waals surface area contributed by atoms with Crippen LogP contribution in [0.1, 0.15) is 11.8 Å². The van der Waals surface area contributed by atoms with Crippen LogP contribution in [0.15, 0.2) is 43.0 Å². The predicted octanol–water partition coefficient (Wildman–Crippen LogP) is -2.45. The smallest absolute Gasteiger partial charge is 0.301 e. The highest BCUT2D eigenvalue weighted by molar-refractivity contribution is 7.88. The number of aliphatic hydroxyl groups is 2. The largest absolute Gasteiger partial charge is 0.387 e. The predicted molar refractivity (Wildman–Crippen MR) is 119 cm³/mol. The number of rotatable bonds is 8. The molecule has 0 bridgehead atoms. The van der Waals surface area contributed by atoms with Gasteiger partial charge in [-0.25, -0.2) is 19.7 Å². The molecule has 182 valence electrons. The molecule has 3 aromatic rings. The summed E-state index contributed by atoms with van der Waals surface area (Å²) >= 11 is 0. The van der Waals surface area contributed by atoms with Crippen LogP contribution in [0, 0.1) is 0 Å². The van der Waals surface area contributed by atoms with Crippen molar-refractivity contribution in [2.75, 3.05) is 12.3 Å². The van der Waals surface area contributed by atoms with Gasteiger partial charge in [-0.05, 0) is 12.0 Å². The lowest BCUT2D eigenvalue weighted by molar-refractivity contribution is -0.120. The summed E-state index contributed by atoms with van der Waals surface area (Å²) in [5.74, 6) is -0.772. The van der Waals surface area contributed by atoms with E-state index in [4.69, 9.17) is 16.2 Å². The number of imidazole rings is 1. The molecular formula is C19H24N8O6S. The molecule has 3 heterocycles. The zero-order chi connectivity index (χ0) is 24.5. The topological polar surface area (TPSA) is 221 Å². The van der Waals surface area contributed by atoms with Crippen molar-refractivity contribution in [1.29, 1.82) is 0 Å². The Morgan fingerprint density at radius 3 is 2.65 bits per heavy atom. The Kier molecular flexibility index (Phi) is 6.74. The number of aliphatic hydroxyl groups excluding tert-OH is 2. The minimum Gasteiger partial charge on any atom is -0.387 e. The van der Waals surface area contributed by atoms with Crippen LogP contribution in [0.5, 0.6) is 0 Å².